The molecule has 0 heterocycles. The molecule has 0 saturated heterocycles. The number of methoxy groups -OCH3 is 1. The van der Waals surface area contributed by atoms with Gasteiger partial charge in [-0.15, -0.1) is 0 Å². The molecule has 0 aliphatic rings. The van der Waals surface area contributed by atoms with Gasteiger partial charge < -0.3 is 20.7 Å². The van der Waals surface area contributed by atoms with Gasteiger partial charge in [0.2, 0.25) is 0 Å². The summed E-state index contributed by atoms with van der Waals surface area (Å²) in [6.07, 6.45) is 0. The Morgan fingerprint density at radius 1 is 1.42 bits per heavy atom. The van der Waals surface area contributed by atoms with Crippen LogP contribution in [0.2, 0.25) is 0 Å². The number of hydrogen-bond donors (Lipinski definition) is 2. The van der Waals surface area contributed by atoms with Crippen LogP contribution in [0.4, 0.5) is 17.1 Å². The highest BCUT2D eigenvalue weighted by Crippen LogP contribution is 2.21. The maximum atomic E-state index is 10.7. The van der Waals surface area contributed by atoms with E-state index in [0.717, 1.165) is 13.1 Å². The van der Waals surface area contributed by atoms with E-state index in [4.69, 9.17) is 10.5 Å². The number of likely N-dealkylation sites (N-methyl/N-ethyl adjacent to an activating group) is 1. The molecule has 0 atom stereocenters. The summed E-state index contributed by atoms with van der Waals surface area (Å²) in [7, 11) is 3.65. The van der Waals surface area contributed by atoms with Crippen LogP contribution in [0.25, 0.3) is 0 Å². The van der Waals surface area contributed by atoms with Crippen molar-refractivity contribution in [3.05, 3.63) is 28.3 Å². The molecular formula is C12H20N4O3. The van der Waals surface area contributed by atoms with Crippen LogP contribution in [-0.4, -0.2) is 50.2 Å². The Morgan fingerprint density at radius 2 is 2.16 bits per heavy atom. The second-order valence-electron chi connectivity index (χ2n) is 4.29. The first kappa shape index (κ1) is 15.2. The highest BCUT2D eigenvalue weighted by Gasteiger charge is 2.08. The zero-order chi connectivity index (χ0) is 14.3. The van der Waals surface area contributed by atoms with Gasteiger partial charge in [0.1, 0.15) is 0 Å². The van der Waals surface area contributed by atoms with E-state index in [1.807, 2.05) is 7.05 Å². The molecule has 0 aliphatic heterocycles. The average Bonchev–Trinajstić information content (AvgIpc) is 2.35. The highest BCUT2D eigenvalue weighted by atomic mass is 16.6. The summed E-state index contributed by atoms with van der Waals surface area (Å²) in [5.74, 6) is 0. The van der Waals surface area contributed by atoms with Crippen LogP contribution >= 0.6 is 0 Å². The molecule has 106 valence electrons. The molecule has 0 saturated carbocycles. The first-order valence-corrected chi connectivity index (χ1v) is 5.99. The number of anilines is 2. The number of nitrogens with zero attached hydrogens (tertiary/aromatic N) is 2. The molecule has 0 spiro atoms. The Labute approximate surface area is 112 Å². The Balaban J connectivity index is 2.47. The molecule has 1 rings (SSSR count). The van der Waals surface area contributed by atoms with E-state index < -0.39 is 4.92 Å². The molecule has 1 aromatic rings. The van der Waals surface area contributed by atoms with Gasteiger partial charge in [0.25, 0.3) is 5.69 Å². The monoisotopic (exact) mass is 268 g/mol. The molecule has 7 heteroatoms. The topological polar surface area (TPSA) is 93.7 Å². The Kier molecular flexibility index (Phi) is 6.04. The van der Waals surface area contributed by atoms with Gasteiger partial charge in [0.15, 0.2) is 0 Å². The molecule has 3 N–H and O–H groups in total. The molecule has 0 unspecified atom stereocenters. The SMILES string of the molecule is COCCN(C)CCNc1cc(N)cc([N+](=O)[O-])c1. The lowest BCUT2D eigenvalue weighted by molar-refractivity contribution is -0.384. The van der Waals surface area contributed by atoms with Gasteiger partial charge >= 0.3 is 0 Å². The van der Waals surface area contributed by atoms with Crippen molar-refractivity contribution in [2.45, 2.75) is 0 Å². The third kappa shape index (κ3) is 5.54. The molecule has 0 fully saturated rings. The number of nitro benzene ring substituents is 1. The fourth-order valence-electron chi connectivity index (χ4n) is 1.59. The van der Waals surface area contributed by atoms with Gasteiger partial charge in [-0.1, -0.05) is 0 Å². The zero-order valence-electron chi connectivity index (χ0n) is 11.3. The summed E-state index contributed by atoms with van der Waals surface area (Å²) >= 11 is 0. The second-order valence-corrected chi connectivity index (χ2v) is 4.29. The number of ether oxygens (including phenoxy) is 1. The third-order valence-electron chi connectivity index (χ3n) is 2.65. The fraction of sp³-hybridized carbons (Fsp3) is 0.500. The van der Waals surface area contributed by atoms with Crippen molar-refractivity contribution in [2.24, 2.45) is 0 Å². The minimum Gasteiger partial charge on any atom is -0.398 e. The summed E-state index contributed by atoms with van der Waals surface area (Å²) < 4.78 is 4.98. The number of rotatable bonds is 8. The Hall–Kier alpha value is -1.86. The predicted molar refractivity (Wildman–Crippen MR) is 75.4 cm³/mol. The molecule has 0 radical (unpaired) electrons. The molecule has 1 aromatic carbocycles. The van der Waals surface area contributed by atoms with Crippen molar-refractivity contribution in [2.75, 3.05) is 51.4 Å². The smallest absolute Gasteiger partial charge is 0.273 e. The highest BCUT2D eigenvalue weighted by molar-refractivity contribution is 5.61. The van der Waals surface area contributed by atoms with Crippen molar-refractivity contribution in [1.29, 1.82) is 0 Å². The molecule has 0 aliphatic carbocycles. The van der Waals surface area contributed by atoms with Crippen molar-refractivity contribution in [3.63, 3.8) is 0 Å². The zero-order valence-corrected chi connectivity index (χ0v) is 11.3. The second kappa shape index (κ2) is 7.55. The summed E-state index contributed by atoms with van der Waals surface area (Å²) in [5.41, 5.74) is 6.66. The van der Waals surface area contributed by atoms with Gasteiger partial charge in [-0.2, -0.15) is 0 Å². The third-order valence-corrected chi connectivity index (χ3v) is 2.65. The number of nitrogens with one attached hydrogen (secondary N) is 1. The van der Waals surface area contributed by atoms with Crippen LogP contribution < -0.4 is 11.1 Å². The van der Waals surface area contributed by atoms with Crippen LogP contribution in [0.15, 0.2) is 18.2 Å². The van der Waals surface area contributed by atoms with Crippen molar-refractivity contribution >= 4 is 17.1 Å². The minimum atomic E-state index is -0.452. The molecule has 0 bridgehead atoms. The number of nitro groups is 1. The van der Waals surface area contributed by atoms with E-state index >= 15 is 0 Å². The summed E-state index contributed by atoms with van der Waals surface area (Å²) in [6.45, 7) is 3.02. The number of hydrogen-bond acceptors (Lipinski definition) is 6. The van der Waals surface area contributed by atoms with E-state index in [1.165, 1.54) is 12.1 Å². The normalized spacial score (nSPS) is 10.7. The van der Waals surface area contributed by atoms with Crippen LogP contribution in [0, 0.1) is 10.1 Å². The van der Waals surface area contributed by atoms with Crippen LogP contribution in [0.1, 0.15) is 0 Å². The van der Waals surface area contributed by atoms with Gasteiger partial charge in [-0.05, 0) is 13.1 Å². The van der Waals surface area contributed by atoms with Crippen molar-refractivity contribution in [3.8, 4) is 0 Å². The first-order valence-electron chi connectivity index (χ1n) is 5.99. The van der Waals surface area contributed by atoms with Crippen LogP contribution in [0.3, 0.4) is 0 Å². The Bertz CT molecular complexity index is 425. The fourth-order valence-corrected chi connectivity index (χ4v) is 1.59. The summed E-state index contributed by atoms with van der Waals surface area (Å²) in [6, 6.07) is 4.50. The molecule has 19 heavy (non-hydrogen) atoms. The molecule has 0 aromatic heterocycles. The lowest BCUT2D eigenvalue weighted by atomic mass is 10.2. The van der Waals surface area contributed by atoms with E-state index in [2.05, 4.69) is 10.2 Å². The lowest BCUT2D eigenvalue weighted by Gasteiger charge is -2.16. The van der Waals surface area contributed by atoms with Gasteiger partial charge in [-0.25, -0.2) is 0 Å². The van der Waals surface area contributed by atoms with Crippen LogP contribution in [-0.2, 0) is 4.74 Å². The van der Waals surface area contributed by atoms with E-state index in [9.17, 15) is 10.1 Å². The van der Waals surface area contributed by atoms with Gasteiger partial charge in [0, 0.05) is 50.3 Å². The minimum absolute atomic E-state index is 0.00441. The molecule has 7 nitrogen and oxygen atoms in total. The number of non-ortho nitro benzene ring substituents is 1. The van der Waals surface area contributed by atoms with Crippen molar-refractivity contribution in [1.82, 2.24) is 4.90 Å². The van der Waals surface area contributed by atoms with E-state index in [1.54, 1.807) is 13.2 Å². The van der Waals surface area contributed by atoms with Gasteiger partial charge in [-0.3, -0.25) is 10.1 Å². The number of nitrogen functional groups attached to an aromatic ring is 1. The number of nitrogens with two attached hydrogens (primary N) is 1. The standard InChI is InChI=1S/C12H20N4O3/c1-15(5-6-19-2)4-3-14-11-7-10(13)8-12(9-11)16(17)18/h7-9,14H,3-6,13H2,1-2H3. The Morgan fingerprint density at radius 3 is 2.79 bits per heavy atom. The quantitative estimate of drug-likeness (QED) is 0.417. The molecular weight excluding hydrogens is 248 g/mol. The molecule has 0 amide bonds. The summed E-state index contributed by atoms with van der Waals surface area (Å²) in [5, 5.41) is 13.8. The van der Waals surface area contributed by atoms with Crippen molar-refractivity contribution < 1.29 is 9.66 Å². The van der Waals surface area contributed by atoms with E-state index in [0.29, 0.717) is 24.5 Å². The summed E-state index contributed by atoms with van der Waals surface area (Å²) in [4.78, 5) is 12.4. The number of benzene rings is 1. The van der Waals surface area contributed by atoms with Crippen LogP contribution in [0.5, 0.6) is 0 Å². The largest absolute Gasteiger partial charge is 0.398 e. The first-order chi connectivity index (χ1) is 9.02. The lowest BCUT2D eigenvalue weighted by Crippen LogP contribution is -2.28. The van der Waals surface area contributed by atoms with Gasteiger partial charge in [0.05, 0.1) is 11.5 Å². The maximum absolute atomic E-state index is 10.7. The average molecular weight is 268 g/mol. The predicted octanol–water partition coefficient (Wildman–Crippen LogP) is 1.17. The van der Waals surface area contributed by atoms with E-state index in [-0.39, 0.29) is 5.69 Å². The maximum Gasteiger partial charge on any atom is 0.273 e.